The van der Waals surface area contributed by atoms with Gasteiger partial charge < -0.3 is 41.5 Å². The Balaban J connectivity index is 1.59. The Bertz CT molecular complexity index is 1580. The van der Waals surface area contributed by atoms with Crippen LogP contribution in [0.1, 0.15) is 12.0 Å². The maximum Gasteiger partial charge on any atom is 0.326 e. The molecule has 41 heavy (non-hydrogen) atoms. The Morgan fingerprint density at radius 2 is 1.73 bits per heavy atom. The zero-order valence-corrected chi connectivity index (χ0v) is 22.4. The monoisotopic (exact) mass is 562 g/mol. The summed E-state index contributed by atoms with van der Waals surface area (Å²) in [6.07, 6.45) is 0.00123. The number of fused-ring (bicyclic) bond motifs is 1. The van der Waals surface area contributed by atoms with E-state index in [2.05, 4.69) is 46.0 Å². The van der Waals surface area contributed by atoms with Crippen LogP contribution in [0.5, 0.6) is 11.5 Å². The van der Waals surface area contributed by atoms with Gasteiger partial charge in [0.1, 0.15) is 22.9 Å². The molecule has 0 bridgehead atoms. The standard InChI is InChI=1S/C26H30N10O5/c1-14-11-15-3-5-17(27)23(22(15)19(38)12-14)36-35-18-6-4-16(13-20(18)40-2)31-26-33-24(29-8-7-21(39)41-28)32-25(34-26)30-9-10-37/h3-6,11-13,37-38H,7-10,27-28H2,1-2H3,(H3,29,30,31,32,33,34). The molecule has 0 radical (unpaired) electrons. The summed E-state index contributed by atoms with van der Waals surface area (Å²) in [5.74, 6) is 5.27. The summed E-state index contributed by atoms with van der Waals surface area (Å²) in [4.78, 5) is 28.3. The number of anilines is 5. The fourth-order valence-corrected chi connectivity index (χ4v) is 3.86. The molecule has 1 aromatic heterocycles. The molecular formula is C26H30N10O5. The van der Waals surface area contributed by atoms with Gasteiger partial charge in [0.25, 0.3) is 0 Å². The number of hydrogen-bond acceptors (Lipinski definition) is 15. The highest BCUT2D eigenvalue weighted by Crippen LogP contribution is 2.40. The minimum absolute atomic E-state index is 0.00123. The predicted molar refractivity (Wildman–Crippen MR) is 154 cm³/mol. The van der Waals surface area contributed by atoms with Crippen LogP contribution >= 0.6 is 0 Å². The molecule has 0 aliphatic heterocycles. The number of nitrogens with one attached hydrogen (secondary N) is 3. The molecule has 15 nitrogen and oxygen atoms in total. The SMILES string of the molecule is COc1cc(Nc2nc(NCCO)nc(NCCC(=O)ON)n2)ccc1N=Nc1c(N)ccc2cc(C)cc(O)c12. The van der Waals surface area contributed by atoms with Gasteiger partial charge in [0.2, 0.25) is 17.8 Å². The van der Waals surface area contributed by atoms with Crippen molar-refractivity contribution in [2.24, 2.45) is 16.1 Å². The van der Waals surface area contributed by atoms with Crippen molar-refractivity contribution >= 4 is 57.3 Å². The Kier molecular flexibility index (Phi) is 9.24. The minimum Gasteiger partial charge on any atom is -0.507 e. The lowest BCUT2D eigenvalue weighted by Gasteiger charge is -2.12. The smallest absolute Gasteiger partial charge is 0.326 e. The van der Waals surface area contributed by atoms with Gasteiger partial charge in [-0.1, -0.05) is 12.1 Å². The highest BCUT2D eigenvalue weighted by molar-refractivity contribution is 6.02. The Morgan fingerprint density at radius 3 is 2.44 bits per heavy atom. The van der Waals surface area contributed by atoms with Crippen LogP contribution in [0.2, 0.25) is 0 Å². The van der Waals surface area contributed by atoms with Crippen LogP contribution in [0.15, 0.2) is 52.7 Å². The Morgan fingerprint density at radius 1 is 1.00 bits per heavy atom. The van der Waals surface area contributed by atoms with Crippen molar-refractivity contribution in [1.29, 1.82) is 0 Å². The molecule has 0 saturated carbocycles. The number of aliphatic hydroxyl groups is 1. The average Bonchev–Trinajstić information content (AvgIpc) is 2.95. The molecule has 1 heterocycles. The number of nitrogens with two attached hydrogens (primary N) is 2. The number of hydrogen-bond donors (Lipinski definition) is 7. The van der Waals surface area contributed by atoms with Gasteiger partial charge in [0.15, 0.2) is 0 Å². The normalized spacial score (nSPS) is 11.0. The largest absolute Gasteiger partial charge is 0.507 e. The molecule has 0 fully saturated rings. The second-order valence-corrected chi connectivity index (χ2v) is 8.72. The maximum absolute atomic E-state index is 11.3. The number of aromatic nitrogens is 3. The Hall–Kier alpha value is -5.28. The van der Waals surface area contributed by atoms with Gasteiger partial charge in [-0.3, -0.25) is 4.79 Å². The van der Waals surface area contributed by atoms with Gasteiger partial charge >= 0.3 is 5.97 Å². The van der Waals surface area contributed by atoms with Crippen molar-refractivity contribution in [2.75, 3.05) is 48.5 Å². The van der Waals surface area contributed by atoms with Crippen molar-refractivity contribution in [1.82, 2.24) is 15.0 Å². The summed E-state index contributed by atoms with van der Waals surface area (Å²) in [6.45, 7) is 2.15. The molecule has 0 saturated heterocycles. The molecule has 9 N–H and O–H groups in total. The zero-order chi connectivity index (χ0) is 29.4. The molecule has 3 aromatic carbocycles. The molecule has 4 rings (SSSR count). The van der Waals surface area contributed by atoms with Crippen molar-refractivity contribution in [3.8, 4) is 11.5 Å². The number of carbonyl (C=O) groups is 1. The third-order valence-electron chi connectivity index (χ3n) is 5.71. The second-order valence-electron chi connectivity index (χ2n) is 8.72. The number of aromatic hydroxyl groups is 1. The summed E-state index contributed by atoms with van der Waals surface area (Å²) >= 11 is 0. The van der Waals surface area contributed by atoms with Gasteiger partial charge in [-0.2, -0.15) is 20.8 Å². The van der Waals surface area contributed by atoms with E-state index in [0.717, 1.165) is 10.9 Å². The first-order chi connectivity index (χ1) is 19.8. The van der Waals surface area contributed by atoms with E-state index in [1.165, 1.54) is 7.11 Å². The number of azo groups is 1. The molecule has 0 spiro atoms. The van der Waals surface area contributed by atoms with Crippen molar-refractivity contribution in [3.63, 3.8) is 0 Å². The summed E-state index contributed by atoms with van der Waals surface area (Å²) in [6, 6.07) is 12.2. The molecule has 0 atom stereocenters. The van der Waals surface area contributed by atoms with Crippen LogP contribution in [0.25, 0.3) is 10.8 Å². The lowest BCUT2D eigenvalue weighted by atomic mass is 10.0. The second kappa shape index (κ2) is 13.2. The highest BCUT2D eigenvalue weighted by Gasteiger charge is 2.13. The minimum atomic E-state index is -0.595. The van der Waals surface area contributed by atoms with Gasteiger partial charge in [0.05, 0.1) is 31.2 Å². The first-order valence-electron chi connectivity index (χ1n) is 12.4. The number of aryl methyl sites for hydroxylation is 1. The average molecular weight is 563 g/mol. The predicted octanol–water partition coefficient (Wildman–Crippen LogP) is 3.41. The lowest BCUT2D eigenvalue weighted by Crippen LogP contribution is -2.17. The van der Waals surface area contributed by atoms with E-state index in [1.807, 2.05) is 19.1 Å². The number of nitrogen functional groups attached to an aromatic ring is 1. The molecule has 0 amide bonds. The number of ether oxygens (including phenoxy) is 1. The molecule has 0 aliphatic rings. The number of rotatable bonds is 12. The first-order valence-corrected chi connectivity index (χ1v) is 12.4. The van der Waals surface area contributed by atoms with E-state index in [0.29, 0.717) is 33.9 Å². The third-order valence-corrected chi connectivity index (χ3v) is 5.71. The maximum atomic E-state index is 11.3. The van der Waals surface area contributed by atoms with E-state index in [9.17, 15) is 9.90 Å². The summed E-state index contributed by atoms with van der Waals surface area (Å²) in [7, 11) is 1.49. The van der Waals surface area contributed by atoms with E-state index >= 15 is 0 Å². The summed E-state index contributed by atoms with van der Waals surface area (Å²) in [5, 5.41) is 38.5. The van der Waals surface area contributed by atoms with Crippen LogP contribution < -0.4 is 32.3 Å². The molecule has 214 valence electrons. The van der Waals surface area contributed by atoms with E-state index < -0.39 is 5.97 Å². The number of phenols is 1. The van der Waals surface area contributed by atoms with Crippen molar-refractivity contribution < 1.29 is 24.6 Å². The molecule has 15 heteroatoms. The van der Waals surface area contributed by atoms with Crippen LogP contribution in [0.4, 0.5) is 40.6 Å². The zero-order valence-electron chi connectivity index (χ0n) is 22.4. The van der Waals surface area contributed by atoms with E-state index in [1.54, 1.807) is 30.3 Å². The summed E-state index contributed by atoms with van der Waals surface area (Å²) in [5.41, 5.74) is 8.76. The fourth-order valence-electron chi connectivity index (χ4n) is 3.86. The molecule has 0 aliphatic carbocycles. The fraction of sp³-hybridized carbons (Fsp3) is 0.231. The quantitative estimate of drug-likeness (QED) is 0.0747. The van der Waals surface area contributed by atoms with E-state index in [4.69, 9.17) is 21.5 Å². The number of carbonyl (C=O) groups excluding carboxylic acids is 1. The van der Waals surface area contributed by atoms with Crippen molar-refractivity contribution in [3.05, 3.63) is 48.0 Å². The number of phenolic OH excluding ortho intramolecular Hbond substituents is 1. The number of nitrogens with zero attached hydrogens (tertiary/aromatic N) is 5. The van der Waals surface area contributed by atoms with Gasteiger partial charge in [-0.15, -0.1) is 10.2 Å². The molecule has 4 aromatic rings. The van der Waals surface area contributed by atoms with Crippen LogP contribution in [0, 0.1) is 6.92 Å². The topological polar surface area (TPSA) is 228 Å². The van der Waals surface area contributed by atoms with Crippen LogP contribution in [0.3, 0.4) is 0 Å². The van der Waals surface area contributed by atoms with Crippen LogP contribution in [-0.2, 0) is 9.63 Å². The highest BCUT2D eigenvalue weighted by atomic mass is 16.7. The summed E-state index contributed by atoms with van der Waals surface area (Å²) < 4.78 is 5.52. The van der Waals surface area contributed by atoms with Gasteiger partial charge in [-0.05, 0) is 42.1 Å². The first kappa shape index (κ1) is 28.7. The van der Waals surface area contributed by atoms with Gasteiger partial charge in [-0.25, -0.2) is 0 Å². The van der Waals surface area contributed by atoms with Crippen LogP contribution in [-0.4, -0.2) is 57.9 Å². The molecule has 0 unspecified atom stereocenters. The van der Waals surface area contributed by atoms with Crippen molar-refractivity contribution in [2.45, 2.75) is 13.3 Å². The lowest BCUT2D eigenvalue weighted by molar-refractivity contribution is -0.143. The number of benzene rings is 3. The van der Waals surface area contributed by atoms with E-state index in [-0.39, 0.29) is 49.7 Å². The number of methoxy groups -OCH3 is 1. The molecular weight excluding hydrogens is 532 g/mol. The number of aliphatic hydroxyl groups excluding tert-OH is 1. The Labute approximate surface area is 234 Å². The third kappa shape index (κ3) is 7.23. The van der Waals surface area contributed by atoms with Gasteiger partial charge in [0, 0.05) is 24.8 Å².